The number of amides is 1. The molecule has 9 unspecified atom stereocenters. The van der Waals surface area contributed by atoms with Crippen molar-refractivity contribution in [3.8, 4) is 0 Å². The summed E-state index contributed by atoms with van der Waals surface area (Å²) in [5.41, 5.74) is 0. The Bertz CT molecular complexity index is 1240. The van der Waals surface area contributed by atoms with E-state index in [1.165, 1.54) is 96.3 Å². The Morgan fingerprint density at radius 2 is 0.969 bits per heavy atom. The van der Waals surface area contributed by atoms with E-state index in [1.807, 2.05) is 0 Å². The molecule has 9 atom stereocenters. The van der Waals surface area contributed by atoms with Crippen molar-refractivity contribution < 1.29 is 50.0 Å². The van der Waals surface area contributed by atoms with Crippen molar-refractivity contribution in [3.63, 3.8) is 0 Å². The summed E-state index contributed by atoms with van der Waals surface area (Å²) in [7, 11) is 0. The normalized spacial score (nSPS) is 21.4. The maximum Gasteiger partial charge on any atom is 0.249 e. The van der Waals surface area contributed by atoms with E-state index >= 15 is 0 Å². The maximum atomic E-state index is 13.1. The van der Waals surface area contributed by atoms with E-state index in [0.717, 1.165) is 64.2 Å². The summed E-state index contributed by atoms with van der Waals surface area (Å²) < 4.78 is 11.1. The van der Waals surface area contributed by atoms with Crippen LogP contribution in [0.5, 0.6) is 0 Å². The Labute approximate surface area is 395 Å². The second-order valence-corrected chi connectivity index (χ2v) is 18.2. The molecule has 0 bridgehead atoms. The van der Waals surface area contributed by atoms with Crippen molar-refractivity contribution in [2.24, 2.45) is 0 Å². The Morgan fingerprint density at radius 1 is 0.538 bits per heavy atom. The number of unbranched alkanes of at least 4 members (excludes halogenated alkanes) is 22. The number of hydrogen-bond acceptors (Lipinski definition) is 10. The van der Waals surface area contributed by atoms with Crippen molar-refractivity contribution in [2.45, 2.75) is 262 Å². The summed E-state index contributed by atoms with van der Waals surface area (Å²) in [4.78, 5) is 13.1. The Kier molecular flexibility index (Phi) is 40.3. The van der Waals surface area contributed by atoms with Crippen LogP contribution in [0.25, 0.3) is 0 Å². The zero-order chi connectivity index (χ0) is 47.6. The molecule has 1 fully saturated rings. The van der Waals surface area contributed by atoms with Crippen LogP contribution in [0.2, 0.25) is 0 Å². The molecule has 1 aliphatic rings. The Morgan fingerprint density at radius 3 is 1.49 bits per heavy atom. The van der Waals surface area contributed by atoms with E-state index < -0.39 is 74.2 Å². The molecule has 1 heterocycles. The van der Waals surface area contributed by atoms with E-state index in [4.69, 9.17) is 9.47 Å². The summed E-state index contributed by atoms with van der Waals surface area (Å²) in [5.74, 6) is -0.727. The predicted octanol–water partition coefficient (Wildman–Crippen LogP) is 9.89. The molecule has 378 valence electrons. The zero-order valence-electron chi connectivity index (χ0n) is 41.0. The molecule has 8 N–H and O–H groups in total. The van der Waals surface area contributed by atoms with Gasteiger partial charge in [-0.3, -0.25) is 4.79 Å². The molecule has 1 rings (SSSR count). The fourth-order valence-corrected chi connectivity index (χ4v) is 7.93. The molecule has 11 heteroatoms. The molecule has 65 heavy (non-hydrogen) atoms. The summed E-state index contributed by atoms with van der Waals surface area (Å²) in [6.45, 7) is 3.38. The Hall–Kier alpha value is -2.19. The molecule has 11 nitrogen and oxygen atoms in total. The molecule has 0 aromatic rings. The highest BCUT2D eigenvalue weighted by atomic mass is 16.7. The number of aliphatic hydroxyl groups excluding tert-OH is 7. The first kappa shape index (κ1) is 60.8. The first-order chi connectivity index (χ1) is 31.7. The van der Waals surface area contributed by atoms with Gasteiger partial charge in [0.1, 0.15) is 36.6 Å². The maximum absolute atomic E-state index is 13.1. The van der Waals surface area contributed by atoms with Gasteiger partial charge in [-0.25, -0.2) is 0 Å². The number of allylic oxidation sites excluding steroid dienone is 10. The quantitative estimate of drug-likeness (QED) is 0.0166. The van der Waals surface area contributed by atoms with Crippen molar-refractivity contribution >= 4 is 5.91 Å². The summed E-state index contributed by atoms with van der Waals surface area (Å²) >= 11 is 0. The summed E-state index contributed by atoms with van der Waals surface area (Å²) in [5, 5.41) is 75.8. The Balaban J connectivity index is 2.42. The lowest BCUT2D eigenvalue weighted by Gasteiger charge is -2.40. The van der Waals surface area contributed by atoms with Crippen molar-refractivity contribution in [3.05, 3.63) is 60.8 Å². The van der Waals surface area contributed by atoms with Gasteiger partial charge in [-0.15, -0.1) is 0 Å². The van der Waals surface area contributed by atoms with Gasteiger partial charge in [-0.1, -0.05) is 177 Å². The molecule has 1 amide bonds. The molecule has 0 radical (unpaired) electrons. The van der Waals surface area contributed by atoms with Crippen LogP contribution >= 0.6 is 0 Å². The van der Waals surface area contributed by atoms with Crippen LogP contribution in [0.4, 0.5) is 0 Å². The van der Waals surface area contributed by atoms with Gasteiger partial charge in [-0.05, 0) is 89.9 Å². The van der Waals surface area contributed by atoms with Crippen LogP contribution in [-0.4, -0.2) is 110 Å². The van der Waals surface area contributed by atoms with Crippen LogP contribution in [0.1, 0.15) is 206 Å². The van der Waals surface area contributed by atoms with Crippen LogP contribution in [-0.2, 0) is 14.3 Å². The highest BCUT2D eigenvalue weighted by Crippen LogP contribution is 2.23. The van der Waals surface area contributed by atoms with Crippen LogP contribution < -0.4 is 5.32 Å². The van der Waals surface area contributed by atoms with Gasteiger partial charge in [0.2, 0.25) is 5.91 Å². The topological polar surface area (TPSA) is 189 Å². The first-order valence-corrected chi connectivity index (χ1v) is 26.2. The number of carbonyl (C=O) groups is 1. The van der Waals surface area contributed by atoms with Gasteiger partial charge in [0.05, 0.1) is 25.4 Å². The van der Waals surface area contributed by atoms with Gasteiger partial charge in [-0.2, -0.15) is 0 Å². The number of hydrogen-bond donors (Lipinski definition) is 8. The molecule has 0 aromatic carbocycles. The van der Waals surface area contributed by atoms with E-state index in [-0.39, 0.29) is 12.8 Å². The van der Waals surface area contributed by atoms with Crippen molar-refractivity contribution in [1.29, 1.82) is 0 Å². The number of nitrogens with one attached hydrogen (secondary N) is 1. The third kappa shape index (κ3) is 32.2. The monoisotopic (exact) mass is 920 g/mol. The number of rotatable bonds is 43. The third-order valence-electron chi connectivity index (χ3n) is 12.3. The second-order valence-electron chi connectivity index (χ2n) is 18.2. The molecule has 0 aliphatic carbocycles. The average Bonchev–Trinajstić information content (AvgIpc) is 3.31. The summed E-state index contributed by atoms with van der Waals surface area (Å²) in [6.07, 6.45) is 42.7. The van der Waals surface area contributed by atoms with Crippen LogP contribution in [0.3, 0.4) is 0 Å². The second kappa shape index (κ2) is 43.1. The van der Waals surface area contributed by atoms with Crippen molar-refractivity contribution in [2.75, 3.05) is 13.2 Å². The third-order valence-corrected chi connectivity index (χ3v) is 12.3. The largest absolute Gasteiger partial charge is 0.394 e. The number of ether oxygens (including phenoxy) is 2. The number of aliphatic hydroxyl groups is 7. The summed E-state index contributed by atoms with van der Waals surface area (Å²) in [6, 6.07) is -1.20. The highest BCUT2D eigenvalue weighted by Gasteiger charge is 2.44. The molecule has 0 spiro atoms. The highest BCUT2D eigenvalue weighted by molar-refractivity contribution is 5.80. The van der Waals surface area contributed by atoms with E-state index in [1.54, 1.807) is 0 Å². The van der Waals surface area contributed by atoms with E-state index in [0.29, 0.717) is 19.3 Å². The standard InChI is InChI=1S/C54H97NO10/c1-3-5-7-9-11-13-15-17-19-20-21-22-23-24-25-26-27-28-30-31-33-35-37-39-41-46(57)49(59)45(44-64-54-52(62)51(61)50(60)48(43-56)65-54)55-53(63)47(58)42-40-38-36-34-32-29-18-16-14-12-10-8-6-4-2/h12,14,16,18,23-24,27-28,33,35,45-52,54,56-62H,3-11,13,15,17,19-22,25-26,29-32,34,36-44H2,1-2H3,(H,55,63)/b14-12-,18-16-,24-23+,28-27+,35-33+. The first-order valence-electron chi connectivity index (χ1n) is 26.2. The zero-order valence-corrected chi connectivity index (χ0v) is 41.0. The van der Waals surface area contributed by atoms with Gasteiger partial charge < -0.3 is 50.5 Å². The lowest BCUT2D eigenvalue weighted by Crippen LogP contribution is -2.60. The van der Waals surface area contributed by atoms with Gasteiger partial charge in [0, 0.05) is 0 Å². The molecular weight excluding hydrogens is 823 g/mol. The minimum absolute atomic E-state index is 0.229. The minimum Gasteiger partial charge on any atom is -0.394 e. The molecular formula is C54H97NO10. The fourth-order valence-electron chi connectivity index (χ4n) is 7.93. The SMILES string of the molecule is CCCCC/C=C\C=C/CCCCCCCC(O)C(=O)NC(COC1OC(CO)C(O)C(O)C1O)C(O)C(O)CCC/C=C/CC/C=C/CC/C=C/CCCCCCCCCCCCC. The molecule has 0 saturated carbocycles. The van der Waals surface area contributed by atoms with Gasteiger partial charge >= 0.3 is 0 Å². The lowest BCUT2D eigenvalue weighted by atomic mass is 9.98. The van der Waals surface area contributed by atoms with E-state index in [9.17, 15) is 40.5 Å². The van der Waals surface area contributed by atoms with Gasteiger partial charge in [0.25, 0.3) is 0 Å². The fraction of sp³-hybridized carbons (Fsp3) is 0.796. The average molecular weight is 920 g/mol. The van der Waals surface area contributed by atoms with Crippen LogP contribution in [0, 0.1) is 0 Å². The van der Waals surface area contributed by atoms with Crippen LogP contribution in [0.15, 0.2) is 60.8 Å². The minimum atomic E-state index is -1.68. The van der Waals surface area contributed by atoms with Gasteiger partial charge in [0.15, 0.2) is 6.29 Å². The smallest absolute Gasteiger partial charge is 0.249 e. The predicted molar refractivity (Wildman–Crippen MR) is 265 cm³/mol. The molecule has 1 aliphatic heterocycles. The molecule has 1 saturated heterocycles. The van der Waals surface area contributed by atoms with Crippen molar-refractivity contribution in [1.82, 2.24) is 5.32 Å². The van der Waals surface area contributed by atoms with E-state index in [2.05, 4.69) is 79.9 Å². The lowest BCUT2D eigenvalue weighted by molar-refractivity contribution is -0.303. The molecule has 0 aromatic heterocycles. The number of carbonyl (C=O) groups excluding carboxylic acids is 1.